The van der Waals surface area contributed by atoms with Crippen molar-refractivity contribution < 1.29 is 28.6 Å². The fraction of sp³-hybridized carbons (Fsp3) is 0.776. The molecule has 0 spiro atoms. The number of ether oxygens (including phenoxy) is 3. The lowest BCUT2D eigenvalue weighted by atomic mass is 10.0. The summed E-state index contributed by atoms with van der Waals surface area (Å²) in [6.07, 6.45) is 93.4. The molecule has 0 aliphatic heterocycles. The summed E-state index contributed by atoms with van der Waals surface area (Å²) < 4.78 is 16.9. The highest BCUT2D eigenvalue weighted by molar-refractivity contribution is 5.71. The lowest BCUT2D eigenvalue weighted by molar-refractivity contribution is -0.167. The maximum absolute atomic E-state index is 12.9. The third-order valence-corrected chi connectivity index (χ3v) is 15.6. The van der Waals surface area contributed by atoms with E-state index in [0.29, 0.717) is 19.3 Å². The van der Waals surface area contributed by atoms with Crippen LogP contribution in [-0.2, 0) is 28.6 Å². The summed E-state index contributed by atoms with van der Waals surface area (Å²) in [6.45, 7) is 6.50. The van der Waals surface area contributed by atoms with Crippen LogP contribution < -0.4 is 0 Å². The molecule has 0 radical (unpaired) electrons. The second-order valence-corrected chi connectivity index (χ2v) is 23.8. The summed E-state index contributed by atoms with van der Waals surface area (Å²) in [5.74, 6) is -0.890. The number of hydrogen-bond acceptors (Lipinski definition) is 6. The largest absolute Gasteiger partial charge is 0.462 e. The molecule has 0 saturated heterocycles. The maximum atomic E-state index is 12.9. The molecule has 1 atom stereocenters. The van der Waals surface area contributed by atoms with Crippen LogP contribution in [-0.4, -0.2) is 37.2 Å². The molecule has 0 bridgehead atoms. The maximum Gasteiger partial charge on any atom is 0.306 e. The number of carbonyl (C=O) groups is 3. The standard InChI is InChI=1S/C76H134O6/c1-4-7-10-13-16-19-22-25-28-30-31-32-33-34-35-36-37-38-39-40-41-42-43-44-45-47-48-51-54-57-60-63-66-69-75(78)81-72-73(71-80-74(77)68-65-62-59-56-53-50-27-24-21-18-15-12-9-6-3)82-76(79)70-67-64-61-58-55-52-49-46-29-26-23-20-17-14-11-8-5-2/h8,11,15,17-18,20,22,24-27,29-31,73H,4-7,9-10,12-14,16,19,21,23,28,32-72H2,1-3H3/b11-8-,18-15-,20-17-,25-22-,27-24-,29-26-,31-30-. The van der Waals surface area contributed by atoms with E-state index < -0.39 is 6.10 Å². The zero-order chi connectivity index (χ0) is 59.2. The first kappa shape index (κ1) is 78.6. The Morgan fingerprint density at radius 2 is 0.488 bits per heavy atom. The highest BCUT2D eigenvalue weighted by atomic mass is 16.6. The van der Waals surface area contributed by atoms with Gasteiger partial charge in [0.05, 0.1) is 0 Å². The van der Waals surface area contributed by atoms with Crippen LogP contribution in [0.3, 0.4) is 0 Å². The van der Waals surface area contributed by atoms with Crippen molar-refractivity contribution in [2.45, 2.75) is 367 Å². The SMILES string of the molecule is CC/C=C\C/C=C\C/C=C\CCCCCCCCCC(=O)OC(COC(=O)CCCCCCC/C=C\C/C=C\CCCC)COC(=O)CCCCCCCCCCCCCCCCCCCCCCC/C=C\C/C=C\CCCCCCC. The highest BCUT2D eigenvalue weighted by Crippen LogP contribution is 2.18. The van der Waals surface area contributed by atoms with Crippen molar-refractivity contribution in [1.29, 1.82) is 0 Å². The molecule has 0 aliphatic rings. The van der Waals surface area contributed by atoms with E-state index in [-0.39, 0.29) is 31.1 Å². The molecule has 474 valence electrons. The third kappa shape index (κ3) is 67.4. The number of esters is 3. The Morgan fingerprint density at radius 1 is 0.256 bits per heavy atom. The van der Waals surface area contributed by atoms with Gasteiger partial charge >= 0.3 is 17.9 Å². The van der Waals surface area contributed by atoms with Crippen LogP contribution in [0.2, 0.25) is 0 Å². The van der Waals surface area contributed by atoms with Gasteiger partial charge in [-0.1, -0.05) is 318 Å². The van der Waals surface area contributed by atoms with Crippen molar-refractivity contribution in [2.75, 3.05) is 13.2 Å². The molecule has 0 saturated carbocycles. The predicted octanol–water partition coefficient (Wildman–Crippen LogP) is 24.6. The molecule has 0 aliphatic carbocycles. The van der Waals surface area contributed by atoms with Crippen molar-refractivity contribution >= 4 is 17.9 Å². The summed E-state index contributed by atoms with van der Waals surface area (Å²) in [7, 11) is 0. The van der Waals surface area contributed by atoms with E-state index in [1.807, 2.05) is 0 Å². The molecule has 0 aromatic carbocycles. The zero-order valence-corrected chi connectivity index (χ0v) is 54.5. The van der Waals surface area contributed by atoms with Crippen molar-refractivity contribution in [3.63, 3.8) is 0 Å². The van der Waals surface area contributed by atoms with Gasteiger partial charge in [0.15, 0.2) is 6.10 Å². The van der Waals surface area contributed by atoms with Crippen LogP contribution in [0, 0.1) is 0 Å². The molecular formula is C76H134O6. The van der Waals surface area contributed by atoms with Gasteiger partial charge in [0.25, 0.3) is 0 Å². The Morgan fingerprint density at radius 3 is 0.780 bits per heavy atom. The lowest BCUT2D eigenvalue weighted by Crippen LogP contribution is -2.30. The van der Waals surface area contributed by atoms with E-state index in [4.69, 9.17) is 14.2 Å². The molecule has 6 heteroatoms. The van der Waals surface area contributed by atoms with E-state index in [1.54, 1.807) is 0 Å². The van der Waals surface area contributed by atoms with Crippen molar-refractivity contribution in [3.8, 4) is 0 Å². The first-order chi connectivity index (χ1) is 40.5. The lowest BCUT2D eigenvalue weighted by Gasteiger charge is -2.18. The van der Waals surface area contributed by atoms with E-state index in [1.165, 1.54) is 212 Å². The minimum atomic E-state index is -0.788. The monoisotopic (exact) mass is 1140 g/mol. The Hall–Kier alpha value is -3.41. The van der Waals surface area contributed by atoms with Crippen LogP contribution in [0.25, 0.3) is 0 Å². The van der Waals surface area contributed by atoms with Crippen LogP contribution in [0.4, 0.5) is 0 Å². The van der Waals surface area contributed by atoms with Gasteiger partial charge in [-0.2, -0.15) is 0 Å². The number of allylic oxidation sites excluding steroid dienone is 14. The van der Waals surface area contributed by atoms with Crippen molar-refractivity contribution in [1.82, 2.24) is 0 Å². The molecular weight excluding hydrogens is 1010 g/mol. The number of carbonyl (C=O) groups excluding carboxylic acids is 3. The summed E-state index contributed by atoms with van der Waals surface area (Å²) in [5.41, 5.74) is 0. The van der Waals surface area contributed by atoms with E-state index in [9.17, 15) is 14.4 Å². The molecule has 0 aromatic heterocycles. The minimum Gasteiger partial charge on any atom is -0.462 e. The molecule has 0 fully saturated rings. The first-order valence-corrected chi connectivity index (χ1v) is 35.6. The van der Waals surface area contributed by atoms with Gasteiger partial charge in [-0.3, -0.25) is 14.4 Å². The van der Waals surface area contributed by atoms with Crippen LogP contribution in [0.15, 0.2) is 85.1 Å². The number of unbranched alkanes of at least 4 members (excludes halogenated alkanes) is 40. The summed E-state index contributed by atoms with van der Waals surface area (Å²) >= 11 is 0. The topological polar surface area (TPSA) is 78.9 Å². The van der Waals surface area contributed by atoms with Gasteiger partial charge in [-0.25, -0.2) is 0 Å². The van der Waals surface area contributed by atoms with E-state index >= 15 is 0 Å². The summed E-state index contributed by atoms with van der Waals surface area (Å²) in [4.78, 5) is 38.4. The highest BCUT2D eigenvalue weighted by Gasteiger charge is 2.19. The molecule has 0 N–H and O–H groups in total. The summed E-state index contributed by atoms with van der Waals surface area (Å²) in [5, 5.41) is 0. The average Bonchev–Trinajstić information content (AvgIpc) is 3.48. The average molecular weight is 1140 g/mol. The fourth-order valence-electron chi connectivity index (χ4n) is 10.3. The van der Waals surface area contributed by atoms with Crippen LogP contribution in [0.5, 0.6) is 0 Å². The van der Waals surface area contributed by atoms with Crippen LogP contribution >= 0.6 is 0 Å². The van der Waals surface area contributed by atoms with Crippen molar-refractivity contribution in [3.05, 3.63) is 85.1 Å². The fourth-order valence-corrected chi connectivity index (χ4v) is 10.3. The second-order valence-electron chi connectivity index (χ2n) is 23.8. The number of hydrogen-bond donors (Lipinski definition) is 0. The van der Waals surface area contributed by atoms with Gasteiger partial charge in [0.1, 0.15) is 13.2 Å². The van der Waals surface area contributed by atoms with Crippen molar-refractivity contribution in [2.24, 2.45) is 0 Å². The Balaban J connectivity index is 4.16. The Kier molecular flexibility index (Phi) is 67.2. The normalized spacial score (nSPS) is 12.6. The summed E-state index contributed by atoms with van der Waals surface area (Å²) in [6, 6.07) is 0. The molecule has 0 rings (SSSR count). The Bertz CT molecular complexity index is 1550. The van der Waals surface area contributed by atoms with E-state index in [0.717, 1.165) is 109 Å². The van der Waals surface area contributed by atoms with Gasteiger partial charge in [-0.15, -0.1) is 0 Å². The van der Waals surface area contributed by atoms with Crippen LogP contribution in [0.1, 0.15) is 361 Å². The molecule has 0 aromatic rings. The predicted molar refractivity (Wildman–Crippen MR) is 358 cm³/mol. The molecule has 6 nitrogen and oxygen atoms in total. The van der Waals surface area contributed by atoms with Gasteiger partial charge in [0, 0.05) is 19.3 Å². The molecule has 0 amide bonds. The quantitative estimate of drug-likeness (QED) is 0.0261. The Labute approximate surface area is 509 Å². The second kappa shape index (κ2) is 70.1. The number of rotatable bonds is 65. The van der Waals surface area contributed by atoms with E-state index in [2.05, 4.69) is 106 Å². The molecule has 82 heavy (non-hydrogen) atoms. The van der Waals surface area contributed by atoms with Gasteiger partial charge in [0.2, 0.25) is 0 Å². The third-order valence-electron chi connectivity index (χ3n) is 15.6. The van der Waals surface area contributed by atoms with Gasteiger partial charge in [-0.05, 0) is 109 Å². The smallest absolute Gasteiger partial charge is 0.306 e. The van der Waals surface area contributed by atoms with Gasteiger partial charge < -0.3 is 14.2 Å². The first-order valence-electron chi connectivity index (χ1n) is 35.6. The minimum absolute atomic E-state index is 0.0821. The molecule has 0 heterocycles. The zero-order valence-electron chi connectivity index (χ0n) is 54.5. The molecule has 1 unspecified atom stereocenters.